The van der Waals surface area contributed by atoms with Gasteiger partial charge in [-0.25, -0.2) is 0 Å². The van der Waals surface area contributed by atoms with Crippen molar-refractivity contribution in [2.24, 2.45) is 0 Å². The molecule has 0 fully saturated rings. The molecule has 4 N–H and O–H groups in total. The quantitative estimate of drug-likeness (QED) is 0.453. The fourth-order valence-electron chi connectivity index (χ4n) is 1.21. The van der Waals surface area contributed by atoms with Crippen LogP contribution >= 0.6 is 0 Å². The van der Waals surface area contributed by atoms with E-state index in [1.165, 1.54) is 7.11 Å². The van der Waals surface area contributed by atoms with Crippen LogP contribution in [0.25, 0.3) is 0 Å². The molecule has 0 unspecified atom stereocenters. The molecule has 1 aromatic carbocycles. The van der Waals surface area contributed by atoms with Gasteiger partial charge in [0.25, 0.3) is 0 Å². The van der Waals surface area contributed by atoms with Crippen LogP contribution in [0.15, 0.2) is 0 Å². The first-order valence-electron chi connectivity index (χ1n) is 3.85. The average Bonchev–Trinajstić information content (AvgIpc) is 2.13. The number of rotatable bonds is 1. The second-order valence-electron chi connectivity index (χ2n) is 2.89. The molecular formula is C9H13NO3. The van der Waals surface area contributed by atoms with Gasteiger partial charge in [0.05, 0.1) is 12.8 Å². The number of anilines is 1. The summed E-state index contributed by atoms with van der Waals surface area (Å²) in [5.41, 5.74) is 7.18. The highest BCUT2D eigenvalue weighted by Crippen LogP contribution is 2.44. The van der Waals surface area contributed by atoms with Gasteiger partial charge in [-0.2, -0.15) is 0 Å². The monoisotopic (exact) mass is 183 g/mol. The average molecular weight is 183 g/mol. The lowest BCUT2D eigenvalue weighted by Gasteiger charge is -2.13. The second kappa shape index (κ2) is 3.05. The molecule has 4 heteroatoms. The summed E-state index contributed by atoms with van der Waals surface area (Å²) in [6.45, 7) is 3.52. The molecule has 0 amide bonds. The summed E-state index contributed by atoms with van der Waals surface area (Å²) in [6, 6.07) is 0. The minimum absolute atomic E-state index is 0.191. The molecule has 1 rings (SSSR count). The molecule has 0 heterocycles. The van der Waals surface area contributed by atoms with Crippen molar-refractivity contribution in [3.8, 4) is 17.2 Å². The summed E-state index contributed by atoms with van der Waals surface area (Å²) in [5, 5.41) is 18.8. The zero-order valence-corrected chi connectivity index (χ0v) is 7.88. The Morgan fingerprint density at radius 2 is 1.62 bits per heavy atom. The van der Waals surface area contributed by atoms with Gasteiger partial charge in [-0.3, -0.25) is 0 Å². The van der Waals surface area contributed by atoms with Gasteiger partial charge in [-0.05, 0) is 19.4 Å². The Morgan fingerprint density at radius 1 is 1.08 bits per heavy atom. The molecule has 0 spiro atoms. The van der Waals surface area contributed by atoms with Crippen LogP contribution in [0, 0.1) is 13.8 Å². The molecule has 0 aliphatic carbocycles. The summed E-state index contributed by atoms with van der Waals surface area (Å²) in [6.07, 6.45) is 0. The van der Waals surface area contributed by atoms with E-state index in [9.17, 15) is 10.2 Å². The molecular weight excluding hydrogens is 170 g/mol. The van der Waals surface area contributed by atoms with E-state index in [-0.39, 0.29) is 22.9 Å². The number of nitrogens with two attached hydrogens (primary N) is 1. The fraction of sp³-hybridized carbons (Fsp3) is 0.333. The van der Waals surface area contributed by atoms with Crippen molar-refractivity contribution < 1.29 is 14.9 Å². The molecule has 4 nitrogen and oxygen atoms in total. The number of ether oxygens (including phenoxy) is 1. The predicted octanol–water partition coefficient (Wildman–Crippen LogP) is 1.31. The number of hydrogen-bond donors (Lipinski definition) is 3. The number of benzene rings is 1. The lowest BCUT2D eigenvalue weighted by Crippen LogP contribution is -1.97. The Morgan fingerprint density at radius 3 is 2.08 bits per heavy atom. The molecule has 0 aliphatic rings. The molecule has 0 aromatic heterocycles. The lowest BCUT2D eigenvalue weighted by atomic mass is 10.1. The van der Waals surface area contributed by atoms with Crippen LogP contribution < -0.4 is 10.5 Å². The van der Waals surface area contributed by atoms with Crippen LogP contribution in [0.4, 0.5) is 5.69 Å². The van der Waals surface area contributed by atoms with Crippen LogP contribution in [-0.2, 0) is 0 Å². The number of aromatic hydroxyl groups is 2. The SMILES string of the molecule is COc1c(C)c(C)c(N)c(O)c1O. The smallest absolute Gasteiger partial charge is 0.203 e. The van der Waals surface area contributed by atoms with Crippen LogP contribution in [0.1, 0.15) is 11.1 Å². The molecule has 0 aliphatic heterocycles. The standard InChI is InChI=1S/C9H13NO3/c1-4-5(2)9(13-3)8(12)7(11)6(4)10/h11-12H,10H2,1-3H3. The van der Waals surface area contributed by atoms with Crippen LogP contribution in [0.3, 0.4) is 0 Å². The number of phenols is 2. The summed E-state index contributed by atoms with van der Waals surface area (Å²) < 4.78 is 4.93. The third kappa shape index (κ3) is 1.24. The first kappa shape index (κ1) is 9.51. The Kier molecular flexibility index (Phi) is 2.23. The summed E-state index contributed by atoms with van der Waals surface area (Å²) in [4.78, 5) is 0. The van der Waals surface area contributed by atoms with E-state index in [1.807, 2.05) is 0 Å². The third-order valence-corrected chi connectivity index (χ3v) is 2.21. The molecule has 0 saturated heterocycles. The van der Waals surface area contributed by atoms with Crippen molar-refractivity contribution in [3.63, 3.8) is 0 Å². The van der Waals surface area contributed by atoms with Crippen LogP contribution in [0.5, 0.6) is 17.2 Å². The van der Waals surface area contributed by atoms with Gasteiger partial charge in [-0.15, -0.1) is 0 Å². The van der Waals surface area contributed by atoms with Crippen molar-refractivity contribution in [3.05, 3.63) is 11.1 Å². The van der Waals surface area contributed by atoms with E-state index in [0.717, 1.165) is 5.56 Å². The molecule has 0 atom stereocenters. The zero-order chi connectivity index (χ0) is 10.2. The van der Waals surface area contributed by atoms with E-state index in [2.05, 4.69) is 0 Å². The van der Waals surface area contributed by atoms with Gasteiger partial charge in [0.15, 0.2) is 11.5 Å². The topological polar surface area (TPSA) is 75.7 Å². The molecule has 0 bridgehead atoms. The molecule has 1 aromatic rings. The summed E-state index contributed by atoms with van der Waals surface area (Å²) in [7, 11) is 1.43. The van der Waals surface area contributed by atoms with Crippen molar-refractivity contribution in [2.75, 3.05) is 12.8 Å². The first-order chi connectivity index (χ1) is 6.00. The highest BCUT2D eigenvalue weighted by atomic mass is 16.5. The summed E-state index contributed by atoms with van der Waals surface area (Å²) >= 11 is 0. The lowest BCUT2D eigenvalue weighted by molar-refractivity contribution is 0.349. The van der Waals surface area contributed by atoms with Crippen molar-refractivity contribution in [2.45, 2.75) is 13.8 Å². The van der Waals surface area contributed by atoms with E-state index < -0.39 is 0 Å². The number of phenolic OH excluding ortho intramolecular Hbond substituents is 2. The maximum atomic E-state index is 9.43. The van der Waals surface area contributed by atoms with Crippen molar-refractivity contribution in [1.82, 2.24) is 0 Å². The van der Waals surface area contributed by atoms with Gasteiger partial charge in [0, 0.05) is 5.56 Å². The van der Waals surface area contributed by atoms with Crippen molar-refractivity contribution in [1.29, 1.82) is 0 Å². The minimum Gasteiger partial charge on any atom is -0.503 e. The molecule has 72 valence electrons. The van der Waals surface area contributed by atoms with Gasteiger partial charge < -0.3 is 20.7 Å². The molecule has 0 saturated carbocycles. The predicted molar refractivity (Wildman–Crippen MR) is 50.2 cm³/mol. The maximum Gasteiger partial charge on any atom is 0.203 e. The largest absolute Gasteiger partial charge is 0.503 e. The van der Waals surface area contributed by atoms with Gasteiger partial charge in [0.2, 0.25) is 5.75 Å². The Hall–Kier alpha value is -1.58. The van der Waals surface area contributed by atoms with Crippen LogP contribution in [0.2, 0.25) is 0 Å². The molecule has 0 radical (unpaired) electrons. The first-order valence-corrected chi connectivity index (χ1v) is 3.85. The van der Waals surface area contributed by atoms with Gasteiger partial charge in [-0.1, -0.05) is 0 Å². The fourth-order valence-corrected chi connectivity index (χ4v) is 1.21. The highest BCUT2D eigenvalue weighted by Gasteiger charge is 2.17. The van der Waals surface area contributed by atoms with E-state index in [4.69, 9.17) is 10.5 Å². The maximum absolute atomic E-state index is 9.43. The van der Waals surface area contributed by atoms with Gasteiger partial charge in [0.1, 0.15) is 0 Å². The van der Waals surface area contributed by atoms with E-state index >= 15 is 0 Å². The normalized spacial score (nSPS) is 10.1. The third-order valence-electron chi connectivity index (χ3n) is 2.21. The number of nitrogen functional groups attached to an aromatic ring is 1. The second-order valence-corrected chi connectivity index (χ2v) is 2.89. The van der Waals surface area contributed by atoms with E-state index in [1.54, 1.807) is 13.8 Å². The van der Waals surface area contributed by atoms with Gasteiger partial charge >= 0.3 is 0 Å². The zero-order valence-electron chi connectivity index (χ0n) is 7.88. The minimum atomic E-state index is -0.319. The van der Waals surface area contributed by atoms with Crippen molar-refractivity contribution >= 4 is 5.69 Å². The molecule has 13 heavy (non-hydrogen) atoms. The Bertz CT molecular complexity index is 318. The Labute approximate surface area is 76.6 Å². The number of hydrogen-bond acceptors (Lipinski definition) is 4. The van der Waals surface area contributed by atoms with E-state index in [0.29, 0.717) is 5.56 Å². The van der Waals surface area contributed by atoms with Crippen LogP contribution in [-0.4, -0.2) is 17.3 Å². The highest BCUT2D eigenvalue weighted by molar-refractivity contribution is 5.71. The Balaban J connectivity index is 3.56. The summed E-state index contributed by atoms with van der Waals surface area (Å²) in [5.74, 6) is -0.354. The number of methoxy groups -OCH3 is 1.